The molecule has 0 aliphatic heterocycles. The van der Waals surface area contributed by atoms with Gasteiger partial charge in [-0.3, -0.25) is 9.10 Å². The second-order valence-electron chi connectivity index (χ2n) is 7.32. The highest BCUT2D eigenvalue weighted by molar-refractivity contribution is 7.92. The highest BCUT2D eigenvalue weighted by Crippen LogP contribution is 2.32. The second-order valence-corrected chi connectivity index (χ2v) is 10.0. The number of aryl methyl sites for hydroxylation is 1. The summed E-state index contributed by atoms with van der Waals surface area (Å²) < 4.78 is 33.4. The third-order valence-corrected chi connectivity index (χ3v) is 7.36. The first-order chi connectivity index (χ1) is 15.7. The van der Waals surface area contributed by atoms with Crippen molar-refractivity contribution in [3.05, 3.63) is 87.9 Å². The molecule has 0 saturated carbocycles. The Morgan fingerprint density at radius 1 is 1.00 bits per heavy atom. The van der Waals surface area contributed by atoms with Gasteiger partial charge in [0.15, 0.2) is 0 Å². The fraction of sp³-hybridized carbons (Fsp3) is 0.208. The number of hydrogen-bond acceptors (Lipinski definition) is 4. The number of rotatable bonds is 9. The van der Waals surface area contributed by atoms with E-state index in [1.807, 2.05) is 32.0 Å². The molecule has 0 spiro atoms. The van der Waals surface area contributed by atoms with Crippen LogP contribution in [0.5, 0.6) is 5.75 Å². The van der Waals surface area contributed by atoms with Gasteiger partial charge >= 0.3 is 0 Å². The number of amides is 1. The van der Waals surface area contributed by atoms with E-state index in [0.29, 0.717) is 5.02 Å². The van der Waals surface area contributed by atoms with Crippen LogP contribution in [-0.2, 0) is 14.8 Å². The van der Waals surface area contributed by atoms with Gasteiger partial charge in [0.25, 0.3) is 10.0 Å². The van der Waals surface area contributed by atoms with Crippen molar-refractivity contribution < 1.29 is 17.9 Å². The Morgan fingerprint density at radius 3 is 2.45 bits per heavy atom. The molecule has 6 nitrogen and oxygen atoms in total. The van der Waals surface area contributed by atoms with E-state index in [-0.39, 0.29) is 28.8 Å². The molecule has 174 valence electrons. The molecule has 33 heavy (non-hydrogen) atoms. The molecule has 0 unspecified atom stereocenters. The minimum absolute atomic E-state index is 0.0344. The van der Waals surface area contributed by atoms with Gasteiger partial charge in [-0.25, -0.2) is 8.42 Å². The molecule has 0 heterocycles. The van der Waals surface area contributed by atoms with Gasteiger partial charge in [0.2, 0.25) is 5.91 Å². The van der Waals surface area contributed by atoms with Crippen LogP contribution in [0.4, 0.5) is 5.69 Å². The van der Waals surface area contributed by atoms with E-state index in [1.54, 1.807) is 24.3 Å². The minimum Gasteiger partial charge on any atom is -0.491 e. The molecule has 0 bridgehead atoms. The molecule has 0 saturated heterocycles. The second kappa shape index (κ2) is 10.9. The average molecular weight is 507 g/mol. The predicted molar refractivity (Wildman–Crippen MR) is 132 cm³/mol. The van der Waals surface area contributed by atoms with Crippen LogP contribution in [0.15, 0.2) is 71.6 Å². The van der Waals surface area contributed by atoms with Crippen LogP contribution < -0.4 is 14.4 Å². The lowest BCUT2D eigenvalue weighted by atomic mass is 10.1. The van der Waals surface area contributed by atoms with Crippen LogP contribution in [0.1, 0.15) is 11.1 Å². The van der Waals surface area contributed by atoms with Crippen molar-refractivity contribution in [2.75, 3.05) is 24.0 Å². The van der Waals surface area contributed by atoms with E-state index in [0.717, 1.165) is 21.2 Å². The first-order valence-corrected chi connectivity index (χ1v) is 12.4. The van der Waals surface area contributed by atoms with E-state index >= 15 is 0 Å². The Hall–Kier alpha value is -2.74. The number of nitrogens with zero attached hydrogens (tertiary/aromatic N) is 1. The minimum atomic E-state index is -4.07. The van der Waals surface area contributed by atoms with Crippen molar-refractivity contribution in [2.45, 2.75) is 18.7 Å². The predicted octanol–water partition coefficient (Wildman–Crippen LogP) is 5.00. The molecule has 3 aromatic rings. The van der Waals surface area contributed by atoms with E-state index < -0.39 is 22.5 Å². The summed E-state index contributed by atoms with van der Waals surface area (Å²) >= 11 is 12.4. The van der Waals surface area contributed by atoms with Gasteiger partial charge in [0.1, 0.15) is 18.9 Å². The summed E-state index contributed by atoms with van der Waals surface area (Å²) in [4.78, 5) is 12.7. The zero-order chi connectivity index (χ0) is 24.0. The first-order valence-electron chi connectivity index (χ1n) is 10.2. The SMILES string of the molecule is Cc1cccc(OCCNC(=O)CN(c2cc(Cl)ccc2Cl)S(=O)(=O)c2ccccc2)c1C. The summed E-state index contributed by atoms with van der Waals surface area (Å²) in [5.74, 6) is 0.235. The Labute approximate surface area is 204 Å². The van der Waals surface area contributed by atoms with Gasteiger partial charge < -0.3 is 10.1 Å². The first kappa shape index (κ1) is 24.9. The standard InChI is InChI=1S/C24H24Cl2N2O4S/c1-17-7-6-10-23(18(17)2)32-14-13-27-24(29)16-28(22-15-19(25)11-12-21(22)26)33(30,31)20-8-4-3-5-9-20/h3-12,15H,13-14,16H2,1-2H3,(H,27,29). The monoisotopic (exact) mass is 506 g/mol. The third kappa shape index (κ3) is 6.19. The molecule has 0 atom stereocenters. The zero-order valence-electron chi connectivity index (χ0n) is 18.2. The number of hydrogen-bond donors (Lipinski definition) is 1. The Kier molecular flexibility index (Phi) is 8.24. The van der Waals surface area contributed by atoms with Crippen LogP contribution in [0.25, 0.3) is 0 Å². The summed E-state index contributed by atoms with van der Waals surface area (Å²) in [5, 5.41) is 3.15. The maximum atomic E-state index is 13.3. The highest BCUT2D eigenvalue weighted by atomic mass is 35.5. The molecule has 0 aliphatic carbocycles. The molecule has 0 aliphatic rings. The summed E-state index contributed by atoms with van der Waals surface area (Å²) in [6.07, 6.45) is 0. The highest BCUT2D eigenvalue weighted by Gasteiger charge is 2.28. The lowest BCUT2D eigenvalue weighted by molar-refractivity contribution is -0.119. The molecule has 0 aromatic heterocycles. The van der Waals surface area contributed by atoms with Crippen LogP contribution in [0.3, 0.4) is 0 Å². The van der Waals surface area contributed by atoms with Crippen molar-refractivity contribution in [1.82, 2.24) is 5.32 Å². The number of benzene rings is 3. The molecule has 3 aromatic carbocycles. The Morgan fingerprint density at radius 2 is 1.73 bits per heavy atom. The Bertz CT molecular complexity index is 1230. The number of carbonyl (C=O) groups excluding carboxylic acids is 1. The normalized spacial score (nSPS) is 11.2. The Balaban J connectivity index is 1.74. The molecular weight excluding hydrogens is 483 g/mol. The summed E-state index contributed by atoms with van der Waals surface area (Å²) in [5.41, 5.74) is 2.26. The number of carbonyl (C=O) groups is 1. The summed E-state index contributed by atoms with van der Waals surface area (Å²) in [6.45, 7) is 3.92. The lowest BCUT2D eigenvalue weighted by Gasteiger charge is -2.25. The maximum absolute atomic E-state index is 13.3. The number of anilines is 1. The zero-order valence-corrected chi connectivity index (χ0v) is 20.5. The van der Waals surface area contributed by atoms with E-state index in [1.165, 1.54) is 24.3 Å². The summed E-state index contributed by atoms with van der Waals surface area (Å²) in [6, 6.07) is 18.0. The molecule has 3 rings (SSSR count). The number of ether oxygens (including phenoxy) is 1. The molecular formula is C24H24Cl2N2O4S. The number of nitrogens with one attached hydrogen (secondary N) is 1. The number of sulfonamides is 1. The molecule has 1 amide bonds. The quantitative estimate of drug-likeness (QED) is 0.414. The van der Waals surface area contributed by atoms with Gasteiger partial charge in [-0.2, -0.15) is 0 Å². The van der Waals surface area contributed by atoms with Crippen molar-refractivity contribution in [3.8, 4) is 5.75 Å². The van der Waals surface area contributed by atoms with E-state index in [9.17, 15) is 13.2 Å². The lowest BCUT2D eigenvalue weighted by Crippen LogP contribution is -2.42. The fourth-order valence-corrected chi connectivity index (χ4v) is 5.00. The number of halogens is 2. The average Bonchev–Trinajstić information content (AvgIpc) is 2.80. The van der Waals surface area contributed by atoms with Gasteiger partial charge in [-0.05, 0) is 61.4 Å². The summed E-state index contributed by atoms with van der Waals surface area (Å²) in [7, 11) is -4.07. The largest absolute Gasteiger partial charge is 0.491 e. The molecule has 9 heteroatoms. The molecule has 0 fully saturated rings. The van der Waals surface area contributed by atoms with Crippen LogP contribution in [0, 0.1) is 13.8 Å². The van der Waals surface area contributed by atoms with E-state index in [2.05, 4.69) is 5.32 Å². The topological polar surface area (TPSA) is 75.7 Å². The van der Waals surface area contributed by atoms with Crippen molar-refractivity contribution in [3.63, 3.8) is 0 Å². The maximum Gasteiger partial charge on any atom is 0.264 e. The van der Waals surface area contributed by atoms with Crippen molar-refractivity contribution in [1.29, 1.82) is 0 Å². The smallest absolute Gasteiger partial charge is 0.264 e. The van der Waals surface area contributed by atoms with Gasteiger partial charge in [-0.15, -0.1) is 0 Å². The fourth-order valence-electron chi connectivity index (χ4n) is 3.11. The van der Waals surface area contributed by atoms with Crippen LogP contribution in [-0.4, -0.2) is 34.0 Å². The van der Waals surface area contributed by atoms with Gasteiger partial charge in [0.05, 0.1) is 22.2 Å². The van der Waals surface area contributed by atoms with Gasteiger partial charge in [-0.1, -0.05) is 53.5 Å². The molecule has 1 N–H and O–H groups in total. The molecule has 0 radical (unpaired) electrons. The van der Waals surface area contributed by atoms with Crippen molar-refractivity contribution in [2.24, 2.45) is 0 Å². The third-order valence-electron chi connectivity index (χ3n) is 5.03. The van der Waals surface area contributed by atoms with Crippen LogP contribution >= 0.6 is 23.2 Å². The van der Waals surface area contributed by atoms with Crippen molar-refractivity contribution >= 4 is 44.8 Å². The van der Waals surface area contributed by atoms with E-state index in [4.69, 9.17) is 27.9 Å². The van der Waals surface area contributed by atoms with Crippen LogP contribution in [0.2, 0.25) is 10.0 Å². The van der Waals surface area contributed by atoms with Gasteiger partial charge in [0, 0.05) is 5.02 Å².